The minimum atomic E-state index is -0.0481. The van der Waals surface area contributed by atoms with E-state index in [-0.39, 0.29) is 11.4 Å². The third-order valence-electron chi connectivity index (χ3n) is 4.97. The number of likely N-dealkylation sites (tertiary alicyclic amines) is 1. The number of aromatic nitrogens is 3. The highest BCUT2D eigenvalue weighted by molar-refractivity contribution is 5.97. The summed E-state index contributed by atoms with van der Waals surface area (Å²) in [4.78, 5) is 15.0. The lowest BCUT2D eigenvalue weighted by Crippen LogP contribution is -2.53. The maximum absolute atomic E-state index is 12.5. The van der Waals surface area contributed by atoms with Gasteiger partial charge in [0.05, 0.1) is 5.52 Å². The van der Waals surface area contributed by atoms with Crippen molar-refractivity contribution in [3.63, 3.8) is 0 Å². The van der Waals surface area contributed by atoms with Crippen molar-refractivity contribution in [2.75, 3.05) is 19.6 Å². The largest absolute Gasteiger partial charge is 0.350 e. The molecular formula is C18H27N5O. The van der Waals surface area contributed by atoms with Crippen molar-refractivity contribution in [3.05, 3.63) is 23.8 Å². The van der Waals surface area contributed by atoms with Gasteiger partial charge in [0.1, 0.15) is 5.52 Å². The molecule has 2 aromatic rings. The third-order valence-corrected chi connectivity index (χ3v) is 4.97. The molecule has 0 aliphatic carbocycles. The Hall–Kier alpha value is -1.95. The predicted molar refractivity (Wildman–Crippen MR) is 95.0 cm³/mol. The quantitative estimate of drug-likeness (QED) is 0.915. The number of nitrogens with one attached hydrogen (secondary N) is 1. The van der Waals surface area contributed by atoms with Gasteiger partial charge < -0.3 is 5.32 Å². The smallest absolute Gasteiger partial charge is 0.251 e. The molecule has 1 aliphatic rings. The van der Waals surface area contributed by atoms with Crippen LogP contribution in [0.1, 0.15) is 50.4 Å². The van der Waals surface area contributed by atoms with Crippen LogP contribution < -0.4 is 5.32 Å². The summed E-state index contributed by atoms with van der Waals surface area (Å²) in [6.07, 6.45) is 3.82. The summed E-state index contributed by atoms with van der Waals surface area (Å²) >= 11 is 0. The van der Waals surface area contributed by atoms with E-state index in [1.165, 1.54) is 19.3 Å². The van der Waals surface area contributed by atoms with Crippen LogP contribution in [0.3, 0.4) is 0 Å². The lowest BCUT2D eigenvalue weighted by Gasteiger charge is -2.41. The Balaban J connectivity index is 1.66. The molecule has 6 heteroatoms. The standard InChI is InChI=1S/C18H27N5O/c1-4-23-16-9-8-14(12-15(16)20-21-23)17(24)19-13-18(2,3)22-10-6-5-7-11-22/h8-9,12H,4-7,10-11,13H2,1-3H3,(H,19,24). The van der Waals surface area contributed by atoms with Gasteiger partial charge in [0.15, 0.2) is 0 Å². The molecular weight excluding hydrogens is 302 g/mol. The van der Waals surface area contributed by atoms with E-state index < -0.39 is 0 Å². The van der Waals surface area contributed by atoms with E-state index in [4.69, 9.17) is 0 Å². The summed E-state index contributed by atoms with van der Waals surface area (Å²) < 4.78 is 1.83. The summed E-state index contributed by atoms with van der Waals surface area (Å²) in [6, 6.07) is 5.59. The maximum Gasteiger partial charge on any atom is 0.251 e. The van der Waals surface area contributed by atoms with Crippen molar-refractivity contribution in [3.8, 4) is 0 Å². The number of nitrogens with zero attached hydrogens (tertiary/aromatic N) is 4. The Kier molecular flexibility index (Phi) is 4.85. The Labute approximate surface area is 143 Å². The fourth-order valence-electron chi connectivity index (χ4n) is 3.36. The molecule has 2 heterocycles. The van der Waals surface area contributed by atoms with Crippen LogP contribution in [-0.2, 0) is 6.54 Å². The number of carbonyl (C=O) groups excluding carboxylic acids is 1. The van der Waals surface area contributed by atoms with E-state index in [1.54, 1.807) is 0 Å². The van der Waals surface area contributed by atoms with Crippen molar-refractivity contribution in [2.24, 2.45) is 0 Å². The molecule has 0 bridgehead atoms. The summed E-state index contributed by atoms with van der Waals surface area (Å²) in [7, 11) is 0. The number of fused-ring (bicyclic) bond motifs is 1. The van der Waals surface area contributed by atoms with Gasteiger partial charge >= 0.3 is 0 Å². The lowest BCUT2D eigenvalue weighted by atomic mass is 9.98. The molecule has 1 fully saturated rings. The number of amides is 1. The van der Waals surface area contributed by atoms with Gasteiger partial charge in [-0.1, -0.05) is 11.6 Å². The van der Waals surface area contributed by atoms with E-state index in [0.29, 0.717) is 12.1 Å². The van der Waals surface area contributed by atoms with Crippen LogP contribution in [0.4, 0.5) is 0 Å². The first-order valence-corrected chi connectivity index (χ1v) is 8.88. The zero-order valence-corrected chi connectivity index (χ0v) is 14.9. The molecule has 1 N–H and O–H groups in total. The Morgan fingerprint density at radius 1 is 1.25 bits per heavy atom. The van der Waals surface area contributed by atoms with Crippen LogP contribution in [0.25, 0.3) is 11.0 Å². The van der Waals surface area contributed by atoms with Gasteiger partial charge in [-0.05, 0) is 64.9 Å². The molecule has 0 radical (unpaired) electrons. The van der Waals surface area contributed by atoms with E-state index in [1.807, 2.05) is 29.8 Å². The molecule has 1 aromatic heterocycles. The minimum Gasteiger partial charge on any atom is -0.350 e. The van der Waals surface area contributed by atoms with Crippen LogP contribution in [0, 0.1) is 0 Å². The van der Waals surface area contributed by atoms with E-state index in [9.17, 15) is 4.79 Å². The number of piperidine rings is 1. The Bertz CT molecular complexity index is 715. The molecule has 130 valence electrons. The van der Waals surface area contributed by atoms with Gasteiger partial charge in [-0.2, -0.15) is 0 Å². The number of rotatable bonds is 5. The molecule has 6 nitrogen and oxygen atoms in total. The van der Waals surface area contributed by atoms with Crippen molar-refractivity contribution in [1.82, 2.24) is 25.2 Å². The topological polar surface area (TPSA) is 63.1 Å². The SMILES string of the molecule is CCn1nnc2cc(C(=O)NCC(C)(C)N3CCCCC3)ccc21. The van der Waals surface area contributed by atoms with E-state index in [0.717, 1.165) is 30.7 Å². The Morgan fingerprint density at radius 3 is 2.71 bits per heavy atom. The van der Waals surface area contributed by atoms with Crippen LogP contribution in [0.5, 0.6) is 0 Å². The second-order valence-electron chi connectivity index (χ2n) is 7.15. The average Bonchev–Trinajstić information content (AvgIpc) is 3.02. The van der Waals surface area contributed by atoms with E-state index in [2.05, 4.69) is 34.4 Å². The van der Waals surface area contributed by atoms with Crippen LogP contribution in [-0.4, -0.2) is 51.0 Å². The fourth-order valence-corrected chi connectivity index (χ4v) is 3.36. The second kappa shape index (κ2) is 6.89. The zero-order valence-electron chi connectivity index (χ0n) is 14.9. The van der Waals surface area contributed by atoms with Gasteiger partial charge in [-0.25, -0.2) is 4.68 Å². The first-order chi connectivity index (χ1) is 11.5. The van der Waals surface area contributed by atoms with Crippen LogP contribution >= 0.6 is 0 Å². The first-order valence-electron chi connectivity index (χ1n) is 8.88. The first kappa shape index (κ1) is 16.9. The van der Waals surface area contributed by atoms with Crippen LogP contribution in [0.2, 0.25) is 0 Å². The van der Waals surface area contributed by atoms with Crippen molar-refractivity contribution >= 4 is 16.9 Å². The molecule has 1 saturated heterocycles. The summed E-state index contributed by atoms with van der Waals surface area (Å²) in [5.74, 6) is -0.0481. The van der Waals surface area contributed by atoms with Gasteiger partial charge in [0.25, 0.3) is 5.91 Å². The van der Waals surface area contributed by atoms with Gasteiger partial charge in [0, 0.05) is 24.2 Å². The number of benzene rings is 1. The molecule has 1 aromatic carbocycles. The fraction of sp³-hybridized carbons (Fsp3) is 0.611. The maximum atomic E-state index is 12.5. The number of aryl methyl sites for hydroxylation is 1. The highest BCUT2D eigenvalue weighted by Crippen LogP contribution is 2.20. The second-order valence-corrected chi connectivity index (χ2v) is 7.15. The number of hydrogen-bond donors (Lipinski definition) is 1. The Morgan fingerprint density at radius 2 is 2.00 bits per heavy atom. The van der Waals surface area contributed by atoms with Gasteiger partial charge in [-0.3, -0.25) is 9.69 Å². The third kappa shape index (κ3) is 3.43. The molecule has 0 unspecified atom stereocenters. The number of hydrogen-bond acceptors (Lipinski definition) is 4. The van der Waals surface area contributed by atoms with Gasteiger partial charge in [-0.15, -0.1) is 5.10 Å². The predicted octanol–water partition coefficient (Wildman–Crippen LogP) is 2.45. The van der Waals surface area contributed by atoms with Crippen molar-refractivity contribution < 1.29 is 4.79 Å². The van der Waals surface area contributed by atoms with Crippen molar-refractivity contribution in [1.29, 1.82) is 0 Å². The average molecular weight is 329 g/mol. The summed E-state index contributed by atoms with van der Waals surface area (Å²) in [6.45, 7) is 10.1. The molecule has 0 atom stereocenters. The lowest BCUT2D eigenvalue weighted by molar-refractivity contribution is 0.0797. The summed E-state index contributed by atoms with van der Waals surface area (Å²) in [5.41, 5.74) is 2.34. The monoisotopic (exact) mass is 329 g/mol. The molecule has 1 aliphatic heterocycles. The molecule has 3 rings (SSSR count). The zero-order chi connectivity index (χ0) is 17.2. The highest BCUT2D eigenvalue weighted by Gasteiger charge is 2.28. The normalized spacial score (nSPS) is 16.5. The molecule has 0 saturated carbocycles. The van der Waals surface area contributed by atoms with Gasteiger partial charge in [0.2, 0.25) is 0 Å². The molecule has 1 amide bonds. The van der Waals surface area contributed by atoms with Crippen LogP contribution in [0.15, 0.2) is 18.2 Å². The molecule has 0 spiro atoms. The van der Waals surface area contributed by atoms with E-state index >= 15 is 0 Å². The highest BCUT2D eigenvalue weighted by atomic mass is 16.1. The minimum absolute atomic E-state index is 0.0223. The molecule has 24 heavy (non-hydrogen) atoms. The van der Waals surface area contributed by atoms with Crippen molar-refractivity contribution in [2.45, 2.75) is 52.1 Å². The summed E-state index contributed by atoms with van der Waals surface area (Å²) in [5, 5.41) is 11.3. The number of carbonyl (C=O) groups is 1.